The number of aldehydes is 1. The molecule has 1 aromatic heterocycles. The Bertz CT molecular complexity index is 420. The Hall–Kier alpha value is -2.07. The van der Waals surface area contributed by atoms with E-state index in [1.165, 1.54) is 6.26 Å². The van der Waals surface area contributed by atoms with Crippen molar-refractivity contribution in [1.82, 2.24) is 0 Å². The Morgan fingerprint density at radius 3 is 2.25 bits per heavy atom. The molecule has 4 nitrogen and oxygen atoms in total. The summed E-state index contributed by atoms with van der Waals surface area (Å²) in [4.78, 5) is 10.0. The van der Waals surface area contributed by atoms with E-state index in [2.05, 4.69) is 4.42 Å². The first-order valence-corrected chi connectivity index (χ1v) is 4.64. The van der Waals surface area contributed by atoms with Crippen molar-refractivity contribution in [1.29, 1.82) is 0 Å². The summed E-state index contributed by atoms with van der Waals surface area (Å²) in [6, 6.07) is 10.3. The van der Waals surface area contributed by atoms with Crippen LogP contribution in [0.1, 0.15) is 16.1 Å². The maximum atomic E-state index is 10.0. The molecule has 0 amide bonds. The lowest BCUT2D eigenvalue weighted by atomic mass is 10.3. The number of phenols is 1. The molecule has 0 saturated heterocycles. The van der Waals surface area contributed by atoms with E-state index >= 15 is 0 Å². The maximum absolute atomic E-state index is 10.0. The van der Waals surface area contributed by atoms with Crippen LogP contribution in [0, 0.1) is 0 Å². The number of furan rings is 1. The molecule has 0 spiro atoms. The summed E-state index contributed by atoms with van der Waals surface area (Å²) in [7, 11) is 0. The molecule has 0 aliphatic rings. The van der Waals surface area contributed by atoms with Gasteiger partial charge in [-0.15, -0.1) is 0 Å². The Balaban J connectivity index is 0.000000165. The van der Waals surface area contributed by atoms with Crippen molar-refractivity contribution in [2.45, 2.75) is 6.61 Å². The van der Waals surface area contributed by atoms with Crippen LogP contribution in [0.25, 0.3) is 0 Å². The van der Waals surface area contributed by atoms with E-state index < -0.39 is 0 Å². The zero-order chi connectivity index (χ0) is 11.8. The first kappa shape index (κ1) is 12.0. The maximum Gasteiger partial charge on any atom is 0.185 e. The van der Waals surface area contributed by atoms with E-state index in [0.29, 0.717) is 17.6 Å². The molecule has 1 aromatic carbocycles. The Morgan fingerprint density at radius 1 is 1.19 bits per heavy atom. The number of aliphatic hydroxyl groups is 1. The Labute approximate surface area is 92.8 Å². The lowest BCUT2D eigenvalue weighted by molar-refractivity contribution is 0.109. The highest BCUT2D eigenvalue weighted by atomic mass is 16.3. The zero-order valence-electron chi connectivity index (χ0n) is 8.54. The van der Waals surface area contributed by atoms with Crippen LogP contribution in [-0.4, -0.2) is 16.5 Å². The first-order valence-electron chi connectivity index (χ1n) is 4.64. The second-order valence-corrected chi connectivity index (χ2v) is 2.92. The summed E-state index contributed by atoms with van der Waals surface area (Å²) < 4.78 is 4.68. The average Bonchev–Trinajstić information content (AvgIpc) is 2.78. The van der Waals surface area contributed by atoms with Gasteiger partial charge in [0, 0.05) is 5.56 Å². The SMILES string of the molecule is O=Cc1occc1CO.Oc1ccccc1. The standard InChI is InChI=1S/C6H6O3.C6H6O/c7-3-5-1-2-9-6(5)4-8;7-6-4-2-1-3-5-6/h1-2,4,7H,3H2;1-5,7H. The fraction of sp³-hybridized carbons (Fsp3) is 0.0833. The van der Waals surface area contributed by atoms with Gasteiger partial charge in [-0.1, -0.05) is 18.2 Å². The third-order valence-electron chi connectivity index (χ3n) is 1.81. The molecule has 0 unspecified atom stereocenters. The van der Waals surface area contributed by atoms with E-state index in [9.17, 15) is 4.79 Å². The van der Waals surface area contributed by atoms with Crippen LogP contribution in [0.15, 0.2) is 47.1 Å². The number of aliphatic hydroxyl groups excluding tert-OH is 1. The van der Waals surface area contributed by atoms with Gasteiger partial charge in [0.25, 0.3) is 0 Å². The molecule has 84 valence electrons. The van der Waals surface area contributed by atoms with Gasteiger partial charge in [0.1, 0.15) is 5.75 Å². The molecule has 4 heteroatoms. The highest BCUT2D eigenvalue weighted by molar-refractivity contribution is 5.72. The molecular formula is C12H12O4. The van der Waals surface area contributed by atoms with Crippen LogP contribution in [0.4, 0.5) is 0 Å². The molecule has 0 aliphatic carbocycles. The molecule has 2 rings (SSSR count). The molecule has 2 N–H and O–H groups in total. The second kappa shape index (κ2) is 6.42. The molecule has 0 bridgehead atoms. The third-order valence-corrected chi connectivity index (χ3v) is 1.81. The highest BCUT2D eigenvalue weighted by Crippen LogP contribution is 2.06. The summed E-state index contributed by atoms with van der Waals surface area (Å²) in [5.74, 6) is 0.528. The largest absolute Gasteiger partial charge is 0.508 e. The monoisotopic (exact) mass is 220 g/mol. The van der Waals surface area contributed by atoms with Crippen LogP contribution in [0.2, 0.25) is 0 Å². The number of carbonyl (C=O) groups excluding carboxylic acids is 1. The van der Waals surface area contributed by atoms with Gasteiger partial charge in [0.05, 0.1) is 12.9 Å². The van der Waals surface area contributed by atoms with E-state index in [4.69, 9.17) is 10.2 Å². The fourth-order valence-electron chi connectivity index (χ4n) is 1.01. The van der Waals surface area contributed by atoms with E-state index in [1.807, 2.05) is 6.07 Å². The summed E-state index contributed by atoms with van der Waals surface area (Å²) >= 11 is 0. The molecule has 1 heterocycles. The van der Waals surface area contributed by atoms with Gasteiger partial charge in [0.2, 0.25) is 0 Å². The average molecular weight is 220 g/mol. The summed E-state index contributed by atoms with van der Waals surface area (Å²) in [6.07, 6.45) is 1.95. The topological polar surface area (TPSA) is 70.7 Å². The number of benzene rings is 1. The molecule has 0 saturated carbocycles. The van der Waals surface area contributed by atoms with Crippen LogP contribution in [0.3, 0.4) is 0 Å². The number of hydrogen-bond acceptors (Lipinski definition) is 4. The lowest BCUT2D eigenvalue weighted by Gasteiger charge is -1.85. The molecule has 16 heavy (non-hydrogen) atoms. The number of rotatable bonds is 2. The van der Waals surface area contributed by atoms with Crippen LogP contribution >= 0.6 is 0 Å². The van der Waals surface area contributed by atoms with Gasteiger partial charge < -0.3 is 14.6 Å². The molecule has 0 radical (unpaired) electrons. The van der Waals surface area contributed by atoms with Crippen molar-refractivity contribution in [2.24, 2.45) is 0 Å². The first-order chi connectivity index (χ1) is 7.77. The Kier molecular flexibility index (Phi) is 4.82. The van der Waals surface area contributed by atoms with Gasteiger partial charge in [-0.3, -0.25) is 4.79 Å². The van der Waals surface area contributed by atoms with Crippen LogP contribution < -0.4 is 0 Å². The second-order valence-electron chi connectivity index (χ2n) is 2.92. The summed E-state index contributed by atoms with van der Waals surface area (Å²) in [6.45, 7) is -0.148. The third kappa shape index (κ3) is 3.59. The van der Waals surface area contributed by atoms with Gasteiger partial charge in [0.15, 0.2) is 12.0 Å². The number of para-hydroxylation sites is 1. The van der Waals surface area contributed by atoms with Crippen LogP contribution in [-0.2, 0) is 6.61 Å². The molecular weight excluding hydrogens is 208 g/mol. The predicted octanol–water partition coefficient (Wildman–Crippen LogP) is 1.98. The molecule has 0 fully saturated rings. The number of hydrogen-bond donors (Lipinski definition) is 2. The van der Waals surface area contributed by atoms with Gasteiger partial charge in [-0.05, 0) is 18.2 Å². The molecule has 0 atom stereocenters. The zero-order valence-corrected chi connectivity index (χ0v) is 8.54. The van der Waals surface area contributed by atoms with Crippen molar-refractivity contribution in [3.8, 4) is 5.75 Å². The van der Waals surface area contributed by atoms with Gasteiger partial charge >= 0.3 is 0 Å². The van der Waals surface area contributed by atoms with Crippen LogP contribution in [0.5, 0.6) is 5.75 Å². The summed E-state index contributed by atoms with van der Waals surface area (Å²) in [5, 5.41) is 17.2. The molecule has 2 aromatic rings. The minimum atomic E-state index is -0.148. The quantitative estimate of drug-likeness (QED) is 0.759. The molecule has 0 aliphatic heterocycles. The number of aromatic hydroxyl groups is 1. The van der Waals surface area contributed by atoms with E-state index in [0.717, 1.165) is 0 Å². The smallest absolute Gasteiger partial charge is 0.185 e. The van der Waals surface area contributed by atoms with E-state index in [1.54, 1.807) is 30.3 Å². The van der Waals surface area contributed by atoms with E-state index in [-0.39, 0.29) is 12.4 Å². The summed E-state index contributed by atoms with van der Waals surface area (Å²) in [5.41, 5.74) is 0.532. The van der Waals surface area contributed by atoms with Crippen molar-refractivity contribution < 1.29 is 19.4 Å². The minimum Gasteiger partial charge on any atom is -0.508 e. The van der Waals surface area contributed by atoms with Crippen molar-refractivity contribution in [3.05, 3.63) is 54.0 Å². The van der Waals surface area contributed by atoms with Crippen molar-refractivity contribution in [2.75, 3.05) is 0 Å². The fourth-order valence-corrected chi connectivity index (χ4v) is 1.01. The highest BCUT2D eigenvalue weighted by Gasteiger charge is 2.00. The predicted molar refractivity (Wildman–Crippen MR) is 58.1 cm³/mol. The minimum absolute atomic E-state index is 0.148. The Morgan fingerprint density at radius 2 is 1.88 bits per heavy atom. The normalized spacial score (nSPS) is 9.06. The van der Waals surface area contributed by atoms with Gasteiger partial charge in [-0.2, -0.15) is 0 Å². The number of carbonyl (C=O) groups is 1. The van der Waals surface area contributed by atoms with Crippen molar-refractivity contribution >= 4 is 6.29 Å². The number of phenolic OH excluding ortho intramolecular Hbond substituents is 1. The van der Waals surface area contributed by atoms with Crippen molar-refractivity contribution in [3.63, 3.8) is 0 Å². The van der Waals surface area contributed by atoms with Gasteiger partial charge in [-0.25, -0.2) is 0 Å². The lowest BCUT2D eigenvalue weighted by Crippen LogP contribution is -1.84.